The summed E-state index contributed by atoms with van der Waals surface area (Å²) in [5.74, 6) is 1.57. The molecule has 2 aromatic rings. The minimum Gasteiger partial charge on any atom is -0.324 e. The molecule has 0 radical (unpaired) electrons. The van der Waals surface area contributed by atoms with Gasteiger partial charge in [0.05, 0.1) is 5.69 Å². The molecule has 2 heterocycles. The number of anilines is 2. The molecule has 1 aromatic heterocycles. The maximum Gasteiger partial charge on any atom is 0.155 e. The fourth-order valence-corrected chi connectivity index (χ4v) is 2.86. The summed E-state index contributed by atoms with van der Waals surface area (Å²) in [4.78, 5) is 2.29. The highest BCUT2D eigenvalue weighted by molar-refractivity contribution is 5.65. The topological polar surface area (TPSA) is 41.0 Å². The third-order valence-electron chi connectivity index (χ3n) is 3.88. The fourth-order valence-electron chi connectivity index (χ4n) is 2.86. The molecule has 21 heavy (non-hydrogen) atoms. The van der Waals surface area contributed by atoms with Crippen molar-refractivity contribution in [2.24, 2.45) is 5.92 Å². The Kier molecular flexibility index (Phi) is 4.15. The second-order valence-corrected chi connectivity index (χ2v) is 5.71. The highest BCUT2D eigenvalue weighted by Crippen LogP contribution is 2.33. The summed E-state index contributed by atoms with van der Waals surface area (Å²) in [6.07, 6.45) is 1.14. The van der Waals surface area contributed by atoms with E-state index in [-0.39, 0.29) is 0 Å². The van der Waals surface area contributed by atoms with Crippen molar-refractivity contribution in [3.63, 3.8) is 0 Å². The van der Waals surface area contributed by atoms with Crippen molar-refractivity contribution in [2.45, 2.75) is 26.8 Å². The molecular weight excluding hydrogens is 260 g/mol. The molecule has 0 saturated carbocycles. The van der Waals surface area contributed by atoms with Crippen LogP contribution in [0.1, 0.15) is 25.1 Å². The van der Waals surface area contributed by atoms with E-state index in [0.717, 1.165) is 37.6 Å². The van der Waals surface area contributed by atoms with Crippen molar-refractivity contribution >= 4 is 11.5 Å². The zero-order chi connectivity index (χ0) is 14.7. The second kappa shape index (κ2) is 6.22. The van der Waals surface area contributed by atoms with Gasteiger partial charge in [-0.2, -0.15) is 5.10 Å². The SMILES string of the molecule is CCNCc1ccc(N2CC(C)Cc3ccccc32)nn1. The zero-order valence-electron chi connectivity index (χ0n) is 12.7. The van der Waals surface area contributed by atoms with Crippen LogP contribution in [0.3, 0.4) is 0 Å². The predicted octanol–water partition coefficient (Wildman–Crippen LogP) is 2.92. The third kappa shape index (κ3) is 3.05. The van der Waals surface area contributed by atoms with E-state index in [2.05, 4.69) is 70.7 Å². The molecule has 0 aliphatic carbocycles. The normalized spacial score (nSPS) is 17.6. The van der Waals surface area contributed by atoms with Crippen LogP contribution in [-0.4, -0.2) is 23.3 Å². The molecule has 4 nitrogen and oxygen atoms in total. The number of benzene rings is 1. The summed E-state index contributed by atoms with van der Waals surface area (Å²) in [6, 6.07) is 12.7. The molecule has 1 N–H and O–H groups in total. The van der Waals surface area contributed by atoms with Gasteiger partial charge in [-0.1, -0.05) is 32.0 Å². The van der Waals surface area contributed by atoms with Gasteiger partial charge in [-0.3, -0.25) is 0 Å². The number of nitrogens with zero attached hydrogens (tertiary/aromatic N) is 3. The first-order valence-electron chi connectivity index (χ1n) is 7.66. The Morgan fingerprint density at radius 3 is 2.81 bits per heavy atom. The van der Waals surface area contributed by atoms with Gasteiger partial charge in [0.1, 0.15) is 0 Å². The van der Waals surface area contributed by atoms with Crippen LogP contribution in [0.4, 0.5) is 11.5 Å². The number of fused-ring (bicyclic) bond motifs is 1. The molecule has 1 atom stereocenters. The Bertz CT molecular complexity index is 594. The number of hydrogen-bond acceptors (Lipinski definition) is 4. The number of para-hydroxylation sites is 1. The smallest absolute Gasteiger partial charge is 0.155 e. The summed E-state index contributed by atoms with van der Waals surface area (Å²) in [7, 11) is 0. The van der Waals surface area contributed by atoms with Gasteiger partial charge in [0.15, 0.2) is 5.82 Å². The number of nitrogens with one attached hydrogen (secondary N) is 1. The minimum absolute atomic E-state index is 0.628. The minimum atomic E-state index is 0.628. The largest absolute Gasteiger partial charge is 0.324 e. The van der Waals surface area contributed by atoms with Gasteiger partial charge < -0.3 is 10.2 Å². The number of aromatic nitrogens is 2. The summed E-state index contributed by atoms with van der Waals surface area (Å²) < 4.78 is 0. The van der Waals surface area contributed by atoms with Crippen LogP contribution in [0.15, 0.2) is 36.4 Å². The first-order chi connectivity index (χ1) is 10.3. The lowest BCUT2D eigenvalue weighted by Crippen LogP contribution is -2.31. The van der Waals surface area contributed by atoms with E-state index >= 15 is 0 Å². The van der Waals surface area contributed by atoms with Gasteiger partial charge >= 0.3 is 0 Å². The summed E-state index contributed by atoms with van der Waals surface area (Å²) >= 11 is 0. The van der Waals surface area contributed by atoms with Crippen molar-refractivity contribution in [2.75, 3.05) is 18.0 Å². The second-order valence-electron chi connectivity index (χ2n) is 5.71. The molecule has 110 valence electrons. The lowest BCUT2D eigenvalue weighted by Gasteiger charge is -2.33. The van der Waals surface area contributed by atoms with Crippen molar-refractivity contribution < 1.29 is 0 Å². The van der Waals surface area contributed by atoms with Gasteiger partial charge in [-0.25, -0.2) is 0 Å². The first kappa shape index (κ1) is 14.0. The molecule has 0 fully saturated rings. The molecular formula is C17H22N4. The fraction of sp³-hybridized carbons (Fsp3) is 0.412. The van der Waals surface area contributed by atoms with E-state index in [9.17, 15) is 0 Å². The van der Waals surface area contributed by atoms with E-state index in [1.807, 2.05) is 0 Å². The Morgan fingerprint density at radius 1 is 1.19 bits per heavy atom. The lowest BCUT2D eigenvalue weighted by atomic mass is 9.94. The van der Waals surface area contributed by atoms with Gasteiger partial charge in [0.2, 0.25) is 0 Å². The molecule has 1 aromatic carbocycles. The third-order valence-corrected chi connectivity index (χ3v) is 3.88. The quantitative estimate of drug-likeness (QED) is 0.936. The molecule has 0 saturated heterocycles. The number of hydrogen-bond donors (Lipinski definition) is 1. The van der Waals surface area contributed by atoms with E-state index in [1.54, 1.807) is 0 Å². The van der Waals surface area contributed by atoms with Gasteiger partial charge in [-0.15, -0.1) is 5.10 Å². The first-order valence-corrected chi connectivity index (χ1v) is 7.66. The molecule has 4 heteroatoms. The van der Waals surface area contributed by atoms with Crippen LogP contribution in [0.25, 0.3) is 0 Å². The van der Waals surface area contributed by atoms with E-state index in [0.29, 0.717) is 5.92 Å². The van der Waals surface area contributed by atoms with Crippen LogP contribution in [0.5, 0.6) is 0 Å². The van der Waals surface area contributed by atoms with Gasteiger partial charge in [0, 0.05) is 18.8 Å². The molecule has 0 amide bonds. The maximum atomic E-state index is 4.42. The zero-order valence-corrected chi connectivity index (χ0v) is 12.7. The van der Waals surface area contributed by atoms with E-state index in [4.69, 9.17) is 0 Å². The van der Waals surface area contributed by atoms with E-state index < -0.39 is 0 Å². The van der Waals surface area contributed by atoms with Crippen LogP contribution < -0.4 is 10.2 Å². The molecule has 1 unspecified atom stereocenters. The monoisotopic (exact) mass is 282 g/mol. The average molecular weight is 282 g/mol. The highest BCUT2D eigenvalue weighted by atomic mass is 15.3. The molecule has 0 spiro atoms. The van der Waals surface area contributed by atoms with Gasteiger partial charge in [-0.05, 0) is 42.6 Å². The maximum absolute atomic E-state index is 4.42. The Morgan fingerprint density at radius 2 is 2.05 bits per heavy atom. The molecule has 1 aliphatic rings. The van der Waals surface area contributed by atoms with Crippen molar-refractivity contribution in [1.29, 1.82) is 0 Å². The Balaban J connectivity index is 1.86. The lowest BCUT2D eigenvalue weighted by molar-refractivity contribution is 0.558. The summed E-state index contributed by atoms with van der Waals surface area (Å²) in [5, 5.41) is 12.0. The van der Waals surface area contributed by atoms with Crippen LogP contribution in [-0.2, 0) is 13.0 Å². The highest BCUT2D eigenvalue weighted by Gasteiger charge is 2.23. The van der Waals surface area contributed by atoms with Gasteiger partial charge in [0.25, 0.3) is 0 Å². The van der Waals surface area contributed by atoms with Crippen LogP contribution >= 0.6 is 0 Å². The molecule has 3 rings (SSSR count). The Labute approximate surface area is 126 Å². The van der Waals surface area contributed by atoms with E-state index in [1.165, 1.54) is 11.3 Å². The van der Waals surface area contributed by atoms with Crippen LogP contribution in [0, 0.1) is 5.92 Å². The van der Waals surface area contributed by atoms with Crippen LogP contribution in [0.2, 0.25) is 0 Å². The molecule has 0 bridgehead atoms. The van der Waals surface area contributed by atoms with Crippen molar-refractivity contribution in [3.8, 4) is 0 Å². The number of rotatable bonds is 4. The van der Waals surface area contributed by atoms with Crippen molar-refractivity contribution in [1.82, 2.24) is 15.5 Å². The Hall–Kier alpha value is -1.94. The standard InChI is InChI=1S/C17H22N4/c1-3-18-11-15-8-9-17(20-19-15)21-12-13(2)10-14-6-4-5-7-16(14)21/h4-9,13,18H,3,10-12H2,1-2H3. The summed E-state index contributed by atoms with van der Waals surface area (Å²) in [6.45, 7) is 7.10. The van der Waals surface area contributed by atoms with Crippen molar-refractivity contribution in [3.05, 3.63) is 47.7 Å². The summed E-state index contributed by atoms with van der Waals surface area (Å²) in [5.41, 5.74) is 3.65. The molecule has 1 aliphatic heterocycles. The predicted molar refractivity (Wildman–Crippen MR) is 85.7 cm³/mol. The average Bonchev–Trinajstić information content (AvgIpc) is 2.52.